The van der Waals surface area contributed by atoms with Gasteiger partial charge in [0.2, 0.25) is 0 Å². The van der Waals surface area contributed by atoms with E-state index < -0.39 is 0 Å². The molecule has 0 unspecified atom stereocenters. The predicted molar refractivity (Wildman–Crippen MR) is 123 cm³/mol. The number of benzene rings is 3. The molecule has 0 atom stereocenters. The number of fused-ring (bicyclic) bond motifs is 1. The second kappa shape index (κ2) is 8.16. The van der Waals surface area contributed by atoms with Crippen LogP contribution in [0.2, 0.25) is 0 Å². The van der Waals surface area contributed by atoms with Crippen LogP contribution in [-0.2, 0) is 6.42 Å². The molecule has 0 fully saturated rings. The standard InChI is InChI=1S/C25H19N3O2S/c29-20-6-4-5-17(14-20)13-19-15-26-24-23(16-27-28(24)25(19)30)18-9-11-22(12-10-18)31-21-7-2-1-3-8-21/h1-12,14-16,27,29H,13H2. The van der Waals surface area contributed by atoms with Gasteiger partial charge in [-0.2, -0.15) is 0 Å². The van der Waals surface area contributed by atoms with E-state index in [1.165, 1.54) is 9.41 Å². The maximum atomic E-state index is 12.9. The molecule has 5 nitrogen and oxygen atoms in total. The molecule has 5 aromatic rings. The molecule has 0 aliphatic rings. The Morgan fingerprint density at radius 3 is 2.48 bits per heavy atom. The van der Waals surface area contributed by atoms with E-state index in [-0.39, 0.29) is 11.3 Å². The summed E-state index contributed by atoms with van der Waals surface area (Å²) in [6.45, 7) is 0. The summed E-state index contributed by atoms with van der Waals surface area (Å²) in [5, 5.41) is 12.7. The second-order valence-electron chi connectivity index (χ2n) is 7.22. The molecule has 2 N–H and O–H groups in total. The highest BCUT2D eigenvalue weighted by molar-refractivity contribution is 7.99. The third kappa shape index (κ3) is 3.98. The van der Waals surface area contributed by atoms with Gasteiger partial charge < -0.3 is 5.11 Å². The molecule has 6 heteroatoms. The van der Waals surface area contributed by atoms with Gasteiger partial charge in [0.1, 0.15) is 5.75 Å². The highest BCUT2D eigenvalue weighted by Gasteiger charge is 2.12. The fraction of sp³-hybridized carbons (Fsp3) is 0.0400. The minimum Gasteiger partial charge on any atom is -0.508 e. The summed E-state index contributed by atoms with van der Waals surface area (Å²) in [6, 6.07) is 25.4. The lowest BCUT2D eigenvalue weighted by Gasteiger charge is -2.05. The van der Waals surface area contributed by atoms with Crippen molar-refractivity contribution < 1.29 is 5.11 Å². The van der Waals surface area contributed by atoms with Crippen LogP contribution in [0.5, 0.6) is 5.75 Å². The van der Waals surface area contributed by atoms with E-state index in [0.717, 1.165) is 21.6 Å². The smallest absolute Gasteiger partial charge is 0.276 e. The number of rotatable bonds is 5. The topological polar surface area (TPSA) is 70.4 Å². The Hall–Kier alpha value is -3.77. The molecule has 152 valence electrons. The molecule has 0 radical (unpaired) electrons. The first-order valence-corrected chi connectivity index (χ1v) is 10.7. The second-order valence-corrected chi connectivity index (χ2v) is 8.37. The summed E-state index contributed by atoms with van der Waals surface area (Å²) in [7, 11) is 0. The van der Waals surface area contributed by atoms with Crippen molar-refractivity contribution in [3.63, 3.8) is 0 Å². The van der Waals surface area contributed by atoms with Crippen LogP contribution < -0.4 is 5.56 Å². The minimum absolute atomic E-state index is 0.143. The zero-order chi connectivity index (χ0) is 21.2. The SMILES string of the molecule is O=c1c(Cc2cccc(O)c2)cnc2c(-c3ccc(Sc4ccccc4)cc3)c[nH]n12. The first-order valence-electron chi connectivity index (χ1n) is 9.87. The first-order chi connectivity index (χ1) is 15.2. The molecular formula is C25H19N3O2S. The number of nitrogens with zero attached hydrogens (tertiary/aromatic N) is 2. The van der Waals surface area contributed by atoms with Crippen LogP contribution in [0.15, 0.2) is 106 Å². The number of hydrogen-bond acceptors (Lipinski definition) is 4. The van der Waals surface area contributed by atoms with Crippen molar-refractivity contribution in [2.24, 2.45) is 0 Å². The summed E-state index contributed by atoms with van der Waals surface area (Å²) in [4.78, 5) is 19.8. The lowest BCUT2D eigenvalue weighted by atomic mass is 10.1. The van der Waals surface area contributed by atoms with Gasteiger partial charge in [-0.25, -0.2) is 9.50 Å². The highest BCUT2D eigenvalue weighted by atomic mass is 32.2. The molecular weight excluding hydrogens is 406 g/mol. The summed E-state index contributed by atoms with van der Waals surface area (Å²) in [5.74, 6) is 0.183. The number of aromatic nitrogens is 3. The van der Waals surface area contributed by atoms with Crippen molar-refractivity contribution in [2.45, 2.75) is 16.2 Å². The fourth-order valence-corrected chi connectivity index (χ4v) is 4.38. The molecule has 0 spiro atoms. The van der Waals surface area contributed by atoms with Crippen LogP contribution in [0.3, 0.4) is 0 Å². The van der Waals surface area contributed by atoms with Gasteiger partial charge in [-0.1, -0.05) is 54.2 Å². The number of hydrogen-bond donors (Lipinski definition) is 2. The number of H-pyrrole nitrogens is 1. The first kappa shape index (κ1) is 19.2. The average molecular weight is 426 g/mol. The number of aromatic amines is 1. The minimum atomic E-state index is -0.143. The van der Waals surface area contributed by atoms with Crippen molar-refractivity contribution in [1.29, 1.82) is 0 Å². The highest BCUT2D eigenvalue weighted by Crippen LogP contribution is 2.30. The quantitative estimate of drug-likeness (QED) is 0.409. The van der Waals surface area contributed by atoms with E-state index in [9.17, 15) is 9.90 Å². The van der Waals surface area contributed by atoms with Gasteiger partial charge in [-0.3, -0.25) is 9.89 Å². The van der Waals surface area contributed by atoms with Crippen molar-refractivity contribution >= 4 is 17.4 Å². The van der Waals surface area contributed by atoms with Gasteiger partial charge >= 0.3 is 0 Å². The third-order valence-corrected chi connectivity index (χ3v) is 6.08. The van der Waals surface area contributed by atoms with E-state index in [0.29, 0.717) is 17.6 Å². The van der Waals surface area contributed by atoms with Gasteiger partial charge in [0.15, 0.2) is 5.65 Å². The van der Waals surface area contributed by atoms with E-state index >= 15 is 0 Å². The van der Waals surface area contributed by atoms with Crippen LogP contribution in [0, 0.1) is 0 Å². The van der Waals surface area contributed by atoms with Crippen LogP contribution in [0.4, 0.5) is 0 Å². The van der Waals surface area contributed by atoms with Crippen molar-refractivity contribution in [3.8, 4) is 16.9 Å². The van der Waals surface area contributed by atoms with Gasteiger partial charge in [-0.05, 0) is 47.5 Å². The van der Waals surface area contributed by atoms with Gasteiger partial charge in [0, 0.05) is 39.7 Å². The maximum Gasteiger partial charge on any atom is 0.276 e. The zero-order valence-electron chi connectivity index (χ0n) is 16.5. The summed E-state index contributed by atoms with van der Waals surface area (Å²) in [5.41, 5.74) is 3.73. The van der Waals surface area contributed by atoms with E-state index in [1.54, 1.807) is 42.4 Å². The van der Waals surface area contributed by atoms with Gasteiger partial charge in [0.25, 0.3) is 5.56 Å². The third-order valence-electron chi connectivity index (χ3n) is 5.06. The molecule has 31 heavy (non-hydrogen) atoms. The van der Waals surface area contributed by atoms with Crippen molar-refractivity contribution in [2.75, 3.05) is 0 Å². The Balaban J connectivity index is 1.43. The fourth-order valence-electron chi connectivity index (χ4n) is 3.54. The zero-order valence-corrected chi connectivity index (χ0v) is 17.3. The van der Waals surface area contributed by atoms with Crippen LogP contribution >= 0.6 is 11.8 Å². The largest absolute Gasteiger partial charge is 0.508 e. The Morgan fingerprint density at radius 2 is 1.71 bits per heavy atom. The summed E-state index contributed by atoms with van der Waals surface area (Å²) >= 11 is 1.71. The summed E-state index contributed by atoms with van der Waals surface area (Å²) in [6.07, 6.45) is 3.84. The molecule has 0 aliphatic heterocycles. The maximum absolute atomic E-state index is 12.9. The van der Waals surface area contributed by atoms with E-state index in [1.807, 2.05) is 36.4 Å². The molecule has 0 saturated carbocycles. The molecule has 0 bridgehead atoms. The number of nitrogens with one attached hydrogen (secondary N) is 1. The van der Waals surface area contributed by atoms with Crippen LogP contribution in [0.1, 0.15) is 11.1 Å². The Bertz CT molecular complexity index is 1410. The van der Waals surface area contributed by atoms with E-state index in [2.05, 4.69) is 34.3 Å². The Kier molecular flexibility index (Phi) is 5.06. The number of phenolic OH excluding ortho intramolecular Hbond substituents is 1. The Labute approximate surface area is 183 Å². The molecule has 5 rings (SSSR count). The molecule has 0 saturated heterocycles. The lowest BCUT2D eigenvalue weighted by Crippen LogP contribution is -2.19. The molecule has 0 amide bonds. The Morgan fingerprint density at radius 1 is 0.935 bits per heavy atom. The molecule has 2 heterocycles. The predicted octanol–water partition coefficient (Wildman–Crippen LogP) is 5.14. The van der Waals surface area contributed by atoms with Gasteiger partial charge in [0.05, 0.1) is 0 Å². The van der Waals surface area contributed by atoms with Crippen molar-refractivity contribution in [3.05, 3.63) is 113 Å². The number of aromatic hydroxyl groups is 1. The normalized spacial score (nSPS) is 11.1. The van der Waals surface area contributed by atoms with Gasteiger partial charge in [-0.15, -0.1) is 0 Å². The van der Waals surface area contributed by atoms with Crippen LogP contribution in [-0.4, -0.2) is 19.7 Å². The summed E-state index contributed by atoms with van der Waals surface area (Å²) < 4.78 is 1.47. The molecule has 3 aromatic carbocycles. The number of phenols is 1. The monoisotopic (exact) mass is 425 g/mol. The average Bonchev–Trinajstić information content (AvgIpc) is 3.22. The molecule has 0 aliphatic carbocycles. The van der Waals surface area contributed by atoms with Crippen molar-refractivity contribution in [1.82, 2.24) is 14.6 Å². The molecule has 2 aromatic heterocycles. The van der Waals surface area contributed by atoms with E-state index in [4.69, 9.17) is 0 Å². The lowest BCUT2D eigenvalue weighted by molar-refractivity contribution is 0.474. The van der Waals surface area contributed by atoms with Crippen LogP contribution in [0.25, 0.3) is 16.8 Å².